The van der Waals surface area contributed by atoms with Crippen molar-refractivity contribution in [3.05, 3.63) is 59.9 Å². The smallest absolute Gasteiger partial charge is 0.298 e. The molecule has 1 aliphatic rings. The van der Waals surface area contributed by atoms with Gasteiger partial charge in [-0.25, -0.2) is 0 Å². The number of aromatic amines is 1. The number of aryl methyl sites for hydroxylation is 2. The molecule has 2 heterocycles. The van der Waals surface area contributed by atoms with Crippen LogP contribution in [0, 0.1) is 13.8 Å². The minimum absolute atomic E-state index is 0.0757. The van der Waals surface area contributed by atoms with Crippen molar-refractivity contribution >= 4 is 33.1 Å². The third-order valence-electron chi connectivity index (χ3n) is 8.81. The Labute approximate surface area is 291 Å². The first-order valence-electron chi connectivity index (χ1n) is 17.9. The Morgan fingerprint density at radius 3 is 2.00 bits per heavy atom. The summed E-state index contributed by atoms with van der Waals surface area (Å²) in [7, 11) is -4.70. The van der Waals surface area contributed by atoms with Gasteiger partial charge in [-0.2, -0.15) is 33.9 Å². The van der Waals surface area contributed by atoms with Crippen molar-refractivity contribution in [2.45, 2.75) is 134 Å². The topological polar surface area (TPSA) is 150 Å². The van der Waals surface area contributed by atoms with Crippen LogP contribution in [0.2, 0.25) is 0 Å². The van der Waals surface area contributed by atoms with E-state index < -0.39 is 27.0 Å². The maximum absolute atomic E-state index is 13.7. The van der Waals surface area contributed by atoms with E-state index in [1.54, 1.807) is 37.3 Å². The molecule has 0 aliphatic carbocycles. The van der Waals surface area contributed by atoms with E-state index in [1.807, 2.05) is 6.92 Å². The number of H-pyrrole nitrogens is 1. The number of hydrazone groups is 1. The maximum atomic E-state index is 13.7. The van der Waals surface area contributed by atoms with E-state index in [0.717, 1.165) is 30.0 Å². The van der Waals surface area contributed by atoms with Crippen LogP contribution < -0.4 is 9.75 Å². The Morgan fingerprint density at radius 2 is 1.45 bits per heavy atom. The number of hydrogen-bond acceptors (Lipinski definition) is 8. The van der Waals surface area contributed by atoms with Gasteiger partial charge in [-0.05, 0) is 57.0 Å². The average molecular weight is 693 g/mol. The largest absolute Gasteiger partial charge is 0.456 e. The highest BCUT2D eigenvalue weighted by Crippen LogP contribution is 2.35. The Kier molecular flexibility index (Phi) is 15.0. The monoisotopic (exact) mass is 692 g/mol. The third kappa shape index (κ3) is 11.6. The summed E-state index contributed by atoms with van der Waals surface area (Å²) in [6.07, 6.45) is 19.4. The summed E-state index contributed by atoms with van der Waals surface area (Å²) in [6.45, 7) is 5.90. The number of aromatic nitrogens is 2. The molecule has 0 saturated carbocycles. The summed E-state index contributed by atoms with van der Waals surface area (Å²) in [5.74, 6) is -0.142. The minimum atomic E-state index is -4.70. The molecule has 49 heavy (non-hydrogen) atoms. The quantitative estimate of drug-likeness (QED) is 0.0608. The Morgan fingerprint density at radius 1 is 0.857 bits per heavy atom. The van der Waals surface area contributed by atoms with Gasteiger partial charge in [-0.3, -0.25) is 14.4 Å². The fraction of sp³-hybridized carbons (Fsp3) is 0.541. The normalized spacial score (nSPS) is 15.0. The van der Waals surface area contributed by atoms with Gasteiger partial charge in [0.05, 0.1) is 22.8 Å². The van der Waals surface area contributed by atoms with Crippen LogP contribution in [0.1, 0.15) is 121 Å². The molecule has 1 aromatic heterocycles. The zero-order chi connectivity index (χ0) is 35.1. The number of amides is 1. The fourth-order valence-corrected chi connectivity index (χ4v) is 6.63. The van der Waals surface area contributed by atoms with Crippen molar-refractivity contribution in [3.8, 4) is 11.5 Å². The first kappa shape index (κ1) is 37.9. The Balaban J connectivity index is 1.36. The van der Waals surface area contributed by atoms with E-state index in [4.69, 9.17) is 4.74 Å². The van der Waals surface area contributed by atoms with Crippen LogP contribution >= 0.6 is 0 Å². The lowest BCUT2D eigenvalue weighted by molar-refractivity contribution is -0.117. The number of anilines is 1. The second-order valence-corrected chi connectivity index (χ2v) is 14.3. The molecule has 3 aromatic rings. The number of carbonyl (C=O) groups excluding carboxylic acids is 1. The molecule has 1 atom stereocenters. The molecule has 266 valence electrons. The van der Waals surface area contributed by atoms with Crippen molar-refractivity contribution < 1.29 is 22.5 Å². The van der Waals surface area contributed by atoms with Crippen LogP contribution in [-0.2, 0) is 14.9 Å². The Bertz CT molecular complexity index is 1640. The molecule has 12 heteroatoms. The molecular weight excluding hydrogens is 641 g/mol. The summed E-state index contributed by atoms with van der Waals surface area (Å²) in [6, 6.07) is 11.8. The van der Waals surface area contributed by atoms with E-state index in [-0.39, 0.29) is 11.4 Å². The zero-order valence-electron chi connectivity index (χ0n) is 29.2. The van der Waals surface area contributed by atoms with Gasteiger partial charge in [0.2, 0.25) is 0 Å². The van der Waals surface area contributed by atoms with E-state index in [2.05, 4.69) is 32.5 Å². The SMILES string of the molecule is CCCCCCCCCCCCCCCCCC1=NN(c2ccc(Oc3ccccc3)c(S(=O)(=O)O)c2)C(=O)C1N=Nc1c(C)n[nH]c1C. The van der Waals surface area contributed by atoms with Gasteiger partial charge in [-0.1, -0.05) is 115 Å². The van der Waals surface area contributed by atoms with Crippen LogP contribution in [-0.4, -0.2) is 40.8 Å². The minimum Gasteiger partial charge on any atom is -0.456 e. The van der Waals surface area contributed by atoms with Crippen LogP contribution in [0.4, 0.5) is 11.4 Å². The lowest BCUT2D eigenvalue weighted by Gasteiger charge is -2.15. The molecular formula is C37H52N6O5S. The number of unbranched alkanes of at least 4 members (excludes halogenated alkanes) is 14. The number of para-hydroxylation sites is 1. The number of ether oxygens (including phenoxy) is 1. The lowest BCUT2D eigenvalue weighted by Crippen LogP contribution is -2.30. The van der Waals surface area contributed by atoms with Gasteiger partial charge >= 0.3 is 0 Å². The maximum Gasteiger partial charge on any atom is 0.298 e. The van der Waals surface area contributed by atoms with Crippen molar-refractivity contribution in [3.63, 3.8) is 0 Å². The Hall–Kier alpha value is -3.90. The summed E-state index contributed by atoms with van der Waals surface area (Å²) in [5, 5.41) is 21.6. The highest BCUT2D eigenvalue weighted by molar-refractivity contribution is 7.86. The molecule has 11 nitrogen and oxygen atoms in total. The first-order valence-corrected chi connectivity index (χ1v) is 19.3. The molecule has 1 unspecified atom stereocenters. The predicted octanol–water partition coefficient (Wildman–Crippen LogP) is 10.2. The molecule has 0 saturated heterocycles. The standard InChI is InChI=1S/C37H52N6O5S/c1-4-5-6-7-8-9-10-11-12-13-14-15-16-17-21-24-32-36(41-40-35-28(2)38-39-29(35)3)37(44)43(42-32)30-25-26-33(34(27-30)49(45,46)47)48-31-22-19-18-20-23-31/h18-20,22-23,25-27,36H,4-17,21,24H2,1-3H3,(H,38,39)(H,45,46,47). The van der Waals surface area contributed by atoms with E-state index >= 15 is 0 Å². The average Bonchev–Trinajstić information content (AvgIpc) is 3.57. The number of nitrogens with one attached hydrogen (secondary N) is 1. The second kappa shape index (κ2) is 19.3. The molecule has 1 aliphatic heterocycles. The van der Waals surface area contributed by atoms with Gasteiger partial charge in [-0.15, -0.1) is 0 Å². The molecule has 0 spiro atoms. The van der Waals surface area contributed by atoms with Gasteiger partial charge in [0.25, 0.3) is 16.0 Å². The fourth-order valence-electron chi connectivity index (χ4n) is 5.99. The summed E-state index contributed by atoms with van der Waals surface area (Å²) >= 11 is 0. The molecule has 4 rings (SSSR count). The van der Waals surface area contributed by atoms with Gasteiger partial charge in [0.15, 0.2) is 6.04 Å². The molecule has 0 radical (unpaired) electrons. The molecule has 1 amide bonds. The van der Waals surface area contributed by atoms with E-state index in [9.17, 15) is 17.8 Å². The van der Waals surface area contributed by atoms with Crippen molar-refractivity contribution in [1.82, 2.24) is 10.2 Å². The summed E-state index contributed by atoms with van der Waals surface area (Å²) < 4.78 is 40.5. The number of azo groups is 1. The second-order valence-electron chi connectivity index (χ2n) is 12.9. The molecule has 0 bridgehead atoms. The third-order valence-corrected chi connectivity index (χ3v) is 9.68. The number of benzene rings is 2. The van der Waals surface area contributed by atoms with E-state index in [0.29, 0.717) is 29.3 Å². The van der Waals surface area contributed by atoms with Gasteiger partial charge in [0.1, 0.15) is 22.1 Å². The summed E-state index contributed by atoms with van der Waals surface area (Å²) in [4.78, 5) is 13.3. The number of nitrogens with zero attached hydrogens (tertiary/aromatic N) is 5. The van der Waals surface area contributed by atoms with Crippen LogP contribution in [0.25, 0.3) is 0 Å². The van der Waals surface area contributed by atoms with Crippen molar-refractivity contribution in [2.24, 2.45) is 15.3 Å². The van der Waals surface area contributed by atoms with Crippen molar-refractivity contribution in [2.75, 3.05) is 5.01 Å². The van der Waals surface area contributed by atoms with E-state index in [1.165, 1.54) is 95.2 Å². The molecule has 2 aromatic carbocycles. The highest BCUT2D eigenvalue weighted by Gasteiger charge is 2.37. The number of rotatable bonds is 22. The van der Waals surface area contributed by atoms with Gasteiger partial charge < -0.3 is 4.74 Å². The zero-order valence-corrected chi connectivity index (χ0v) is 30.1. The summed E-state index contributed by atoms with van der Waals surface area (Å²) in [5.41, 5.74) is 2.68. The predicted molar refractivity (Wildman–Crippen MR) is 194 cm³/mol. The highest BCUT2D eigenvalue weighted by atomic mass is 32.2. The van der Waals surface area contributed by atoms with Crippen LogP contribution in [0.15, 0.2) is 68.8 Å². The number of hydrogen-bond donors (Lipinski definition) is 2. The molecule has 2 N–H and O–H groups in total. The van der Waals surface area contributed by atoms with Crippen molar-refractivity contribution in [1.29, 1.82) is 0 Å². The lowest BCUT2D eigenvalue weighted by atomic mass is 10.0. The molecule has 0 fully saturated rings. The van der Waals surface area contributed by atoms with Gasteiger partial charge in [0, 0.05) is 0 Å². The van der Waals surface area contributed by atoms with Crippen LogP contribution in [0.5, 0.6) is 11.5 Å². The number of carbonyl (C=O) groups is 1. The first-order chi connectivity index (χ1) is 23.7. The van der Waals surface area contributed by atoms with Crippen LogP contribution in [0.3, 0.4) is 0 Å².